The fraction of sp³-hybridized carbons (Fsp3) is 0.867. The zero-order valence-corrected chi connectivity index (χ0v) is 13.1. The summed E-state index contributed by atoms with van der Waals surface area (Å²) >= 11 is 0. The van der Waals surface area contributed by atoms with E-state index in [0.717, 1.165) is 32.7 Å². The number of hydrogen-bond donors (Lipinski definition) is 0. The SMILES string of the molecule is CCN(CC)C1CCN(CCC(=O)N(C)CCC#N)C1. The average molecular weight is 280 g/mol. The Bertz CT molecular complexity index is 335. The van der Waals surface area contributed by atoms with E-state index in [1.165, 1.54) is 6.42 Å². The first-order valence-corrected chi connectivity index (χ1v) is 7.69. The van der Waals surface area contributed by atoms with Crippen molar-refractivity contribution in [3.63, 3.8) is 0 Å². The molecule has 1 fully saturated rings. The van der Waals surface area contributed by atoms with E-state index in [9.17, 15) is 4.79 Å². The molecule has 1 amide bonds. The summed E-state index contributed by atoms with van der Waals surface area (Å²) in [5, 5.41) is 8.53. The summed E-state index contributed by atoms with van der Waals surface area (Å²) in [6.45, 7) is 10.2. The van der Waals surface area contributed by atoms with Crippen molar-refractivity contribution < 1.29 is 4.79 Å². The molecule has 0 radical (unpaired) electrons. The first-order chi connectivity index (χ1) is 9.62. The maximum Gasteiger partial charge on any atom is 0.223 e. The summed E-state index contributed by atoms with van der Waals surface area (Å²) in [6, 6.07) is 2.72. The van der Waals surface area contributed by atoms with Crippen molar-refractivity contribution in [3.05, 3.63) is 0 Å². The molecule has 0 aromatic heterocycles. The lowest BCUT2D eigenvalue weighted by Gasteiger charge is -2.26. The summed E-state index contributed by atoms with van der Waals surface area (Å²) in [4.78, 5) is 18.5. The Morgan fingerprint density at radius 1 is 1.40 bits per heavy atom. The zero-order valence-electron chi connectivity index (χ0n) is 13.1. The van der Waals surface area contributed by atoms with E-state index in [1.807, 2.05) is 0 Å². The highest BCUT2D eigenvalue weighted by Gasteiger charge is 2.26. The lowest BCUT2D eigenvalue weighted by Crippen LogP contribution is -2.38. The van der Waals surface area contributed by atoms with Gasteiger partial charge in [-0.1, -0.05) is 13.8 Å². The van der Waals surface area contributed by atoms with E-state index in [0.29, 0.717) is 25.4 Å². The number of nitrogens with zero attached hydrogens (tertiary/aromatic N) is 4. The molecule has 0 N–H and O–H groups in total. The highest BCUT2D eigenvalue weighted by molar-refractivity contribution is 5.76. The summed E-state index contributed by atoms with van der Waals surface area (Å²) in [6.07, 6.45) is 2.18. The molecule has 5 nitrogen and oxygen atoms in total. The van der Waals surface area contributed by atoms with Gasteiger partial charge in [0.15, 0.2) is 0 Å². The van der Waals surface area contributed by atoms with E-state index in [4.69, 9.17) is 5.26 Å². The minimum atomic E-state index is 0.145. The van der Waals surface area contributed by atoms with Gasteiger partial charge in [-0.25, -0.2) is 0 Å². The Morgan fingerprint density at radius 3 is 2.70 bits per heavy atom. The van der Waals surface area contributed by atoms with Crippen molar-refractivity contribution in [2.45, 2.75) is 39.2 Å². The molecule has 1 aliphatic heterocycles. The largest absolute Gasteiger partial charge is 0.345 e. The molecule has 114 valence electrons. The number of likely N-dealkylation sites (N-methyl/N-ethyl adjacent to an activating group) is 1. The van der Waals surface area contributed by atoms with Gasteiger partial charge in [-0.2, -0.15) is 5.26 Å². The highest BCUT2D eigenvalue weighted by atomic mass is 16.2. The molecule has 1 unspecified atom stereocenters. The smallest absolute Gasteiger partial charge is 0.223 e. The van der Waals surface area contributed by atoms with Crippen LogP contribution in [0.4, 0.5) is 0 Å². The van der Waals surface area contributed by atoms with Crippen molar-refractivity contribution in [1.29, 1.82) is 5.26 Å². The van der Waals surface area contributed by atoms with Gasteiger partial charge >= 0.3 is 0 Å². The van der Waals surface area contributed by atoms with Gasteiger partial charge in [0.1, 0.15) is 0 Å². The minimum Gasteiger partial charge on any atom is -0.345 e. The van der Waals surface area contributed by atoms with Crippen molar-refractivity contribution >= 4 is 5.91 Å². The summed E-state index contributed by atoms with van der Waals surface area (Å²) in [5.41, 5.74) is 0. The van der Waals surface area contributed by atoms with Gasteiger partial charge < -0.3 is 9.80 Å². The van der Waals surface area contributed by atoms with Crippen LogP contribution in [0, 0.1) is 11.3 Å². The van der Waals surface area contributed by atoms with Gasteiger partial charge in [-0.15, -0.1) is 0 Å². The van der Waals surface area contributed by atoms with Crippen LogP contribution in [0.2, 0.25) is 0 Å². The third-order valence-corrected chi connectivity index (χ3v) is 4.20. The van der Waals surface area contributed by atoms with E-state index in [-0.39, 0.29) is 5.91 Å². The van der Waals surface area contributed by atoms with Crippen LogP contribution in [-0.4, -0.2) is 73.0 Å². The minimum absolute atomic E-state index is 0.145. The zero-order chi connectivity index (χ0) is 15.0. The van der Waals surface area contributed by atoms with E-state index >= 15 is 0 Å². The normalized spacial score (nSPS) is 19.2. The van der Waals surface area contributed by atoms with Gasteiger partial charge in [0.2, 0.25) is 5.91 Å². The number of carbonyl (C=O) groups excluding carboxylic acids is 1. The number of carbonyl (C=O) groups is 1. The first-order valence-electron chi connectivity index (χ1n) is 7.69. The number of rotatable bonds is 8. The summed E-state index contributed by atoms with van der Waals surface area (Å²) < 4.78 is 0. The molecular weight excluding hydrogens is 252 g/mol. The third-order valence-electron chi connectivity index (χ3n) is 4.20. The van der Waals surface area contributed by atoms with Gasteiger partial charge in [0.05, 0.1) is 12.5 Å². The van der Waals surface area contributed by atoms with E-state index in [2.05, 4.69) is 29.7 Å². The Kier molecular flexibility index (Phi) is 7.56. The molecule has 0 aromatic carbocycles. The Balaban J connectivity index is 2.27. The fourth-order valence-electron chi connectivity index (χ4n) is 2.84. The molecule has 20 heavy (non-hydrogen) atoms. The number of likely N-dealkylation sites (tertiary alicyclic amines) is 1. The molecule has 0 aliphatic carbocycles. The van der Waals surface area contributed by atoms with Crippen LogP contribution in [0.1, 0.15) is 33.1 Å². The second kappa shape index (κ2) is 8.93. The average Bonchev–Trinajstić information content (AvgIpc) is 2.92. The summed E-state index contributed by atoms with van der Waals surface area (Å²) in [5.74, 6) is 0.145. The van der Waals surface area contributed by atoms with E-state index < -0.39 is 0 Å². The lowest BCUT2D eigenvalue weighted by atomic mass is 10.2. The molecule has 0 spiro atoms. The maximum absolute atomic E-state index is 11.9. The maximum atomic E-state index is 11.9. The molecule has 1 aliphatic rings. The molecule has 0 saturated carbocycles. The standard InChI is InChI=1S/C15H28N4O/c1-4-19(5-2)14-7-11-18(13-14)12-8-15(20)17(3)10-6-9-16/h14H,4-8,10-13H2,1-3H3. The van der Waals surface area contributed by atoms with Gasteiger partial charge in [-0.05, 0) is 26.1 Å². The van der Waals surface area contributed by atoms with Crippen molar-refractivity contribution in [1.82, 2.24) is 14.7 Å². The van der Waals surface area contributed by atoms with Crippen LogP contribution in [0.25, 0.3) is 0 Å². The molecule has 1 rings (SSSR count). The summed E-state index contributed by atoms with van der Waals surface area (Å²) in [7, 11) is 1.78. The molecule has 0 aromatic rings. The second-order valence-corrected chi connectivity index (χ2v) is 5.44. The molecule has 0 bridgehead atoms. The molecule has 1 atom stereocenters. The molecule has 1 saturated heterocycles. The fourth-order valence-corrected chi connectivity index (χ4v) is 2.84. The van der Waals surface area contributed by atoms with Crippen LogP contribution in [0.3, 0.4) is 0 Å². The van der Waals surface area contributed by atoms with Crippen molar-refractivity contribution in [3.8, 4) is 6.07 Å². The predicted octanol–water partition coefficient (Wildman–Crippen LogP) is 1.16. The van der Waals surface area contributed by atoms with Gasteiger partial charge in [0, 0.05) is 39.1 Å². The third kappa shape index (κ3) is 5.10. The van der Waals surface area contributed by atoms with Crippen molar-refractivity contribution in [2.24, 2.45) is 0 Å². The van der Waals surface area contributed by atoms with Crippen molar-refractivity contribution in [2.75, 3.05) is 46.3 Å². The first kappa shape index (κ1) is 16.9. The van der Waals surface area contributed by atoms with Crippen LogP contribution in [-0.2, 0) is 4.79 Å². The lowest BCUT2D eigenvalue weighted by molar-refractivity contribution is -0.130. The molecule has 1 heterocycles. The van der Waals surface area contributed by atoms with Crippen LogP contribution < -0.4 is 0 Å². The van der Waals surface area contributed by atoms with Crippen LogP contribution in [0.5, 0.6) is 0 Å². The molecular formula is C15H28N4O. The number of hydrogen-bond acceptors (Lipinski definition) is 4. The van der Waals surface area contributed by atoms with Gasteiger partial charge in [-0.3, -0.25) is 9.69 Å². The Labute approximate surface area is 123 Å². The quantitative estimate of drug-likeness (QED) is 0.669. The molecule has 5 heteroatoms. The van der Waals surface area contributed by atoms with Gasteiger partial charge in [0.25, 0.3) is 0 Å². The Morgan fingerprint density at radius 2 is 2.10 bits per heavy atom. The van der Waals surface area contributed by atoms with Crippen LogP contribution >= 0.6 is 0 Å². The highest BCUT2D eigenvalue weighted by Crippen LogP contribution is 2.15. The topological polar surface area (TPSA) is 50.6 Å². The number of amides is 1. The predicted molar refractivity (Wildman–Crippen MR) is 80.3 cm³/mol. The second-order valence-electron chi connectivity index (χ2n) is 5.44. The van der Waals surface area contributed by atoms with E-state index in [1.54, 1.807) is 11.9 Å². The number of nitriles is 1. The monoisotopic (exact) mass is 280 g/mol. The Hall–Kier alpha value is -1.12. The van der Waals surface area contributed by atoms with Crippen LogP contribution in [0.15, 0.2) is 0 Å².